The van der Waals surface area contributed by atoms with E-state index < -0.39 is 5.41 Å². The Morgan fingerprint density at radius 3 is 2.22 bits per heavy atom. The highest BCUT2D eigenvalue weighted by Crippen LogP contribution is 2.50. The summed E-state index contributed by atoms with van der Waals surface area (Å²) in [7, 11) is 6.92. The monoisotopic (exact) mass is 595 g/mol. The van der Waals surface area contributed by atoms with Crippen molar-refractivity contribution >= 4 is 40.4 Å². The summed E-state index contributed by atoms with van der Waals surface area (Å²) in [5.74, 6) is 0.178. The summed E-state index contributed by atoms with van der Waals surface area (Å²) in [5.41, 5.74) is 0.939. The molecule has 3 aromatic heterocycles. The number of carbonyl (C=O) groups excluding carboxylic acids is 3. The zero-order chi connectivity index (χ0) is 29.3. The van der Waals surface area contributed by atoms with Crippen LogP contribution in [-0.4, -0.2) is 107 Å². The summed E-state index contributed by atoms with van der Waals surface area (Å²) in [5, 5.41) is 28.1. The van der Waals surface area contributed by atoms with Crippen molar-refractivity contribution in [2.45, 2.75) is 43.6 Å². The molecule has 0 radical (unpaired) electrons. The molecule has 1 fully saturated rings. The van der Waals surface area contributed by atoms with Crippen molar-refractivity contribution in [3.05, 3.63) is 48.6 Å². The molecule has 1 atom stereocenters. The quantitative estimate of drug-likeness (QED) is 0.373. The molecule has 216 valence electrons. The summed E-state index contributed by atoms with van der Waals surface area (Å²) in [6.45, 7) is 1.11. The number of H-pyrrole nitrogens is 1. The highest BCUT2D eigenvalue weighted by Gasteiger charge is 2.47. The Morgan fingerprint density at radius 2 is 1.71 bits per heavy atom. The maximum absolute atomic E-state index is 13.0. The van der Waals surface area contributed by atoms with Gasteiger partial charge in [0.1, 0.15) is 6.04 Å². The van der Waals surface area contributed by atoms with Crippen molar-refractivity contribution in [1.29, 1.82) is 5.26 Å². The summed E-state index contributed by atoms with van der Waals surface area (Å²) >= 11 is 2.96. The van der Waals surface area contributed by atoms with Gasteiger partial charge in [-0.25, -0.2) is 0 Å². The summed E-state index contributed by atoms with van der Waals surface area (Å²) in [4.78, 5) is 47.1. The first-order valence-electron chi connectivity index (χ1n) is 13.5. The van der Waals surface area contributed by atoms with Gasteiger partial charge in [0.25, 0.3) is 11.8 Å². The van der Waals surface area contributed by atoms with E-state index in [9.17, 15) is 19.6 Å². The van der Waals surface area contributed by atoms with Crippen molar-refractivity contribution in [2.75, 3.05) is 47.8 Å². The largest absolute Gasteiger partial charge is 0.344 e. The van der Waals surface area contributed by atoms with Crippen LogP contribution >= 0.6 is 22.7 Å². The van der Waals surface area contributed by atoms with Gasteiger partial charge in [0.15, 0.2) is 5.82 Å². The summed E-state index contributed by atoms with van der Waals surface area (Å²) in [6, 6.07) is 5.72. The van der Waals surface area contributed by atoms with Crippen LogP contribution in [0.25, 0.3) is 0 Å². The van der Waals surface area contributed by atoms with Gasteiger partial charge in [-0.2, -0.15) is 10.5 Å². The standard InChI is InChI=1S/C27H33N9O3S2/c1-34(2)24(38)21-12-17-19(40-21)7-8-20-18(13-22(41-20)25(39)35(3)4)27(17,26-30-32-33-31-26)9-10-29-15-23(37)36-11-5-6-16(36)14-28/h12-13,16,29H,5-11,15H2,1-4H3,(H,30,31,32,33). The zero-order valence-corrected chi connectivity index (χ0v) is 25.2. The molecule has 1 saturated heterocycles. The lowest BCUT2D eigenvalue weighted by Crippen LogP contribution is -2.42. The highest BCUT2D eigenvalue weighted by atomic mass is 32.1. The molecule has 0 spiro atoms. The van der Waals surface area contributed by atoms with Crippen molar-refractivity contribution in [2.24, 2.45) is 0 Å². The average molecular weight is 596 g/mol. The molecule has 1 aliphatic heterocycles. The van der Waals surface area contributed by atoms with Crippen LogP contribution in [0, 0.1) is 11.3 Å². The van der Waals surface area contributed by atoms with E-state index in [0.717, 1.165) is 27.3 Å². The molecule has 0 saturated carbocycles. The highest BCUT2D eigenvalue weighted by molar-refractivity contribution is 7.15. The summed E-state index contributed by atoms with van der Waals surface area (Å²) < 4.78 is 0. The molecule has 0 bridgehead atoms. The molecule has 4 heterocycles. The van der Waals surface area contributed by atoms with Gasteiger partial charge >= 0.3 is 0 Å². The normalized spacial score (nSPS) is 17.3. The van der Waals surface area contributed by atoms with Gasteiger partial charge in [-0.05, 0) is 61.9 Å². The topological polar surface area (TPSA) is 151 Å². The molecule has 12 nitrogen and oxygen atoms in total. The number of hydrogen-bond donors (Lipinski definition) is 2. The molecular weight excluding hydrogens is 562 g/mol. The van der Waals surface area contributed by atoms with Crippen molar-refractivity contribution in [3.63, 3.8) is 0 Å². The van der Waals surface area contributed by atoms with E-state index in [2.05, 4.69) is 32.0 Å². The second-order valence-corrected chi connectivity index (χ2v) is 13.0. The minimum absolute atomic E-state index is 0.0829. The van der Waals surface area contributed by atoms with E-state index >= 15 is 0 Å². The Hall–Kier alpha value is -3.67. The predicted molar refractivity (Wildman–Crippen MR) is 154 cm³/mol. The van der Waals surface area contributed by atoms with E-state index in [4.69, 9.17) is 0 Å². The lowest BCUT2D eigenvalue weighted by molar-refractivity contribution is -0.130. The summed E-state index contributed by atoms with van der Waals surface area (Å²) in [6.07, 6.45) is 3.40. The Kier molecular flexibility index (Phi) is 8.21. The number of nitrogens with zero attached hydrogens (tertiary/aromatic N) is 7. The fourth-order valence-corrected chi connectivity index (χ4v) is 8.23. The Morgan fingerprint density at radius 1 is 1.10 bits per heavy atom. The van der Waals surface area contributed by atoms with Gasteiger partial charge < -0.3 is 20.0 Å². The van der Waals surface area contributed by atoms with Gasteiger partial charge in [0, 0.05) is 44.5 Å². The molecule has 41 heavy (non-hydrogen) atoms. The predicted octanol–water partition coefficient (Wildman–Crippen LogP) is 1.65. The van der Waals surface area contributed by atoms with Crippen LogP contribution in [0.4, 0.5) is 0 Å². The molecule has 2 N–H and O–H groups in total. The number of nitriles is 1. The third-order valence-electron chi connectivity index (χ3n) is 7.75. The average Bonchev–Trinajstić information content (AvgIpc) is 3.77. The maximum Gasteiger partial charge on any atom is 0.263 e. The number of nitrogens with one attached hydrogen (secondary N) is 2. The first-order chi connectivity index (χ1) is 19.7. The van der Waals surface area contributed by atoms with Crippen LogP contribution < -0.4 is 5.32 Å². The minimum atomic E-state index is -0.907. The first kappa shape index (κ1) is 28.8. The SMILES string of the molecule is CN(C)C(=O)c1cc2c(s1)CCc1sc(C(=O)N(C)C)cc1C2(CCNCC(=O)N1CCCC1C#N)c1nn[nH]n1. The molecule has 3 amide bonds. The Bertz CT molecular complexity index is 1420. The first-order valence-corrected chi connectivity index (χ1v) is 15.1. The third-order valence-corrected chi connectivity index (χ3v) is 10.1. The number of aromatic amines is 1. The van der Waals surface area contributed by atoms with E-state index in [1.807, 2.05) is 12.1 Å². The Balaban J connectivity index is 1.55. The van der Waals surface area contributed by atoms with E-state index in [1.54, 1.807) is 42.9 Å². The molecule has 5 rings (SSSR count). The molecular formula is C27H33N9O3S2. The van der Waals surface area contributed by atoms with Crippen molar-refractivity contribution in [3.8, 4) is 6.07 Å². The lowest BCUT2D eigenvalue weighted by Gasteiger charge is -2.31. The molecule has 3 aromatic rings. The van der Waals surface area contributed by atoms with Crippen molar-refractivity contribution in [1.82, 2.24) is 40.6 Å². The number of aromatic nitrogens is 4. The van der Waals surface area contributed by atoms with E-state index in [0.29, 0.717) is 54.4 Å². The van der Waals surface area contributed by atoms with Gasteiger partial charge in [0.05, 0.1) is 27.8 Å². The molecule has 1 aliphatic carbocycles. The molecule has 14 heteroatoms. The van der Waals surface area contributed by atoms with E-state index in [-0.39, 0.29) is 30.3 Å². The van der Waals surface area contributed by atoms with E-state index in [1.165, 1.54) is 22.7 Å². The Labute approximate surface area is 246 Å². The third kappa shape index (κ3) is 5.25. The van der Waals surface area contributed by atoms with Gasteiger partial charge in [-0.15, -0.1) is 32.9 Å². The van der Waals surface area contributed by atoms with Gasteiger partial charge in [-0.1, -0.05) is 5.21 Å². The fraction of sp³-hybridized carbons (Fsp3) is 0.519. The number of rotatable bonds is 8. The van der Waals surface area contributed by atoms with Crippen LogP contribution in [0.2, 0.25) is 0 Å². The number of hydrogen-bond acceptors (Lipinski definition) is 10. The zero-order valence-electron chi connectivity index (χ0n) is 23.6. The number of aryl methyl sites for hydroxylation is 2. The van der Waals surface area contributed by atoms with Crippen molar-refractivity contribution < 1.29 is 14.4 Å². The molecule has 0 aromatic carbocycles. The number of carbonyl (C=O) groups is 3. The van der Waals surface area contributed by atoms with Gasteiger partial charge in [-0.3, -0.25) is 14.4 Å². The van der Waals surface area contributed by atoms with Crippen LogP contribution in [0.15, 0.2) is 12.1 Å². The second-order valence-electron chi connectivity index (χ2n) is 10.7. The van der Waals surface area contributed by atoms with Gasteiger partial charge in [0.2, 0.25) is 5.91 Å². The van der Waals surface area contributed by atoms with Crippen LogP contribution in [0.1, 0.15) is 65.3 Å². The minimum Gasteiger partial charge on any atom is -0.344 e. The number of likely N-dealkylation sites (tertiary alicyclic amines) is 1. The number of tetrazole rings is 1. The number of fused-ring (bicyclic) bond motifs is 2. The fourth-order valence-electron chi connectivity index (χ4n) is 5.71. The van der Waals surface area contributed by atoms with Crippen LogP contribution in [-0.2, 0) is 23.1 Å². The van der Waals surface area contributed by atoms with Crippen LogP contribution in [0.5, 0.6) is 0 Å². The smallest absolute Gasteiger partial charge is 0.263 e. The second kappa shape index (κ2) is 11.7. The molecule has 1 unspecified atom stereocenters. The van der Waals surface area contributed by atoms with Crippen LogP contribution in [0.3, 0.4) is 0 Å². The maximum atomic E-state index is 13.0. The lowest BCUT2D eigenvalue weighted by atomic mass is 9.71. The molecule has 2 aliphatic rings. The number of thiophene rings is 2. The number of amides is 3.